The van der Waals surface area contributed by atoms with Crippen molar-refractivity contribution in [1.82, 2.24) is 4.98 Å². The zero-order valence-electron chi connectivity index (χ0n) is 11.8. The molecule has 2 N–H and O–H groups in total. The molecule has 1 aromatic rings. The molecular weight excluding hydrogens is 246 g/mol. The van der Waals surface area contributed by atoms with Crippen LogP contribution >= 0.6 is 11.3 Å². The fourth-order valence-corrected chi connectivity index (χ4v) is 2.94. The maximum Gasteiger partial charge on any atom is 0.185 e. The van der Waals surface area contributed by atoms with Gasteiger partial charge in [0.1, 0.15) is 0 Å². The van der Waals surface area contributed by atoms with Gasteiger partial charge in [0.2, 0.25) is 0 Å². The molecule has 0 saturated heterocycles. The van der Waals surface area contributed by atoms with Gasteiger partial charge in [0, 0.05) is 36.8 Å². The van der Waals surface area contributed by atoms with Crippen LogP contribution in [0.5, 0.6) is 0 Å². The third-order valence-electron chi connectivity index (χ3n) is 3.13. The summed E-state index contributed by atoms with van der Waals surface area (Å²) in [5.74, 6) is 0. The van der Waals surface area contributed by atoms with Crippen LogP contribution in [0.4, 0.5) is 5.13 Å². The normalized spacial score (nSPS) is 13.0. The van der Waals surface area contributed by atoms with Gasteiger partial charge in [-0.3, -0.25) is 0 Å². The van der Waals surface area contributed by atoms with Crippen LogP contribution in [0.3, 0.4) is 0 Å². The summed E-state index contributed by atoms with van der Waals surface area (Å²) >= 11 is 1.69. The summed E-state index contributed by atoms with van der Waals surface area (Å²) in [6, 6.07) is 0.578. The fourth-order valence-electron chi connectivity index (χ4n) is 1.97. The van der Waals surface area contributed by atoms with E-state index >= 15 is 0 Å². The Morgan fingerprint density at radius 2 is 2.11 bits per heavy atom. The van der Waals surface area contributed by atoms with Gasteiger partial charge in [-0.15, -0.1) is 11.3 Å². The number of thiazole rings is 1. The molecule has 0 spiro atoms. The molecule has 0 fully saturated rings. The van der Waals surface area contributed by atoms with Crippen molar-refractivity contribution in [3.8, 4) is 0 Å². The second kappa shape index (κ2) is 7.71. The molecule has 0 amide bonds. The van der Waals surface area contributed by atoms with Crippen LogP contribution in [0.15, 0.2) is 6.20 Å². The van der Waals surface area contributed by atoms with Gasteiger partial charge in [0.25, 0.3) is 0 Å². The van der Waals surface area contributed by atoms with Crippen molar-refractivity contribution in [3.05, 3.63) is 11.1 Å². The average Bonchev–Trinajstić information content (AvgIpc) is 2.84. The van der Waals surface area contributed by atoms with E-state index in [2.05, 4.69) is 23.7 Å². The van der Waals surface area contributed by atoms with Crippen molar-refractivity contribution < 1.29 is 4.74 Å². The molecule has 0 aromatic carbocycles. The predicted molar refractivity (Wildman–Crippen MR) is 78.3 cm³/mol. The van der Waals surface area contributed by atoms with Gasteiger partial charge >= 0.3 is 0 Å². The van der Waals surface area contributed by atoms with E-state index in [-0.39, 0.29) is 6.04 Å². The minimum absolute atomic E-state index is 0.0576. The molecule has 4 nitrogen and oxygen atoms in total. The van der Waals surface area contributed by atoms with Gasteiger partial charge < -0.3 is 15.4 Å². The second-order valence-electron chi connectivity index (χ2n) is 4.49. The monoisotopic (exact) mass is 271 g/mol. The van der Waals surface area contributed by atoms with Gasteiger partial charge in [0.05, 0.1) is 6.61 Å². The molecule has 1 unspecified atom stereocenters. The first-order chi connectivity index (χ1) is 8.63. The van der Waals surface area contributed by atoms with E-state index in [4.69, 9.17) is 10.5 Å². The standard InChI is InChI=1S/C13H25N3OS/c1-5-11(6-2)16(7-8-17-4)13-15-9-12(18-13)10(3)14/h9-11H,5-8,14H2,1-4H3. The first-order valence-electron chi connectivity index (χ1n) is 6.60. The van der Waals surface area contributed by atoms with E-state index in [1.165, 1.54) is 0 Å². The summed E-state index contributed by atoms with van der Waals surface area (Å²) in [4.78, 5) is 8.00. The summed E-state index contributed by atoms with van der Waals surface area (Å²) in [6.45, 7) is 8.04. The van der Waals surface area contributed by atoms with E-state index in [0.717, 1.165) is 36.0 Å². The molecule has 0 radical (unpaired) electrons. The number of methoxy groups -OCH3 is 1. The van der Waals surface area contributed by atoms with E-state index in [0.29, 0.717) is 6.04 Å². The molecule has 1 atom stereocenters. The van der Waals surface area contributed by atoms with Crippen molar-refractivity contribution in [3.63, 3.8) is 0 Å². The Morgan fingerprint density at radius 1 is 1.44 bits per heavy atom. The van der Waals surface area contributed by atoms with Gasteiger partial charge in [0.15, 0.2) is 5.13 Å². The summed E-state index contributed by atoms with van der Waals surface area (Å²) < 4.78 is 5.20. The number of anilines is 1. The summed E-state index contributed by atoms with van der Waals surface area (Å²) in [6.07, 6.45) is 4.13. The first kappa shape index (κ1) is 15.4. The highest BCUT2D eigenvalue weighted by Gasteiger charge is 2.19. The van der Waals surface area contributed by atoms with E-state index < -0.39 is 0 Å². The van der Waals surface area contributed by atoms with E-state index in [1.807, 2.05) is 13.1 Å². The minimum atomic E-state index is 0.0576. The van der Waals surface area contributed by atoms with Crippen molar-refractivity contribution in [2.24, 2.45) is 5.73 Å². The maximum absolute atomic E-state index is 5.90. The van der Waals surface area contributed by atoms with Crippen molar-refractivity contribution in [1.29, 1.82) is 0 Å². The van der Waals surface area contributed by atoms with Gasteiger partial charge in [-0.1, -0.05) is 13.8 Å². The van der Waals surface area contributed by atoms with Gasteiger partial charge in [-0.25, -0.2) is 4.98 Å². The van der Waals surface area contributed by atoms with Crippen molar-refractivity contribution >= 4 is 16.5 Å². The van der Waals surface area contributed by atoms with Crippen LogP contribution in [0.2, 0.25) is 0 Å². The molecule has 1 heterocycles. The Morgan fingerprint density at radius 3 is 2.56 bits per heavy atom. The van der Waals surface area contributed by atoms with Crippen molar-refractivity contribution in [2.75, 3.05) is 25.2 Å². The quantitative estimate of drug-likeness (QED) is 0.790. The summed E-state index contributed by atoms with van der Waals surface area (Å²) in [5.41, 5.74) is 5.90. The Hall–Kier alpha value is -0.650. The number of rotatable bonds is 8. The predicted octanol–water partition coefficient (Wildman–Crippen LogP) is 2.80. The number of hydrogen-bond donors (Lipinski definition) is 1. The highest BCUT2D eigenvalue weighted by Crippen LogP contribution is 2.28. The van der Waals surface area contributed by atoms with Crippen molar-refractivity contribution in [2.45, 2.75) is 45.7 Å². The first-order valence-corrected chi connectivity index (χ1v) is 7.42. The number of hydrogen-bond acceptors (Lipinski definition) is 5. The molecular formula is C13H25N3OS. The van der Waals surface area contributed by atoms with E-state index in [9.17, 15) is 0 Å². The van der Waals surface area contributed by atoms with Crippen LogP contribution in [-0.4, -0.2) is 31.3 Å². The lowest BCUT2D eigenvalue weighted by Gasteiger charge is -2.29. The van der Waals surface area contributed by atoms with Crippen LogP contribution < -0.4 is 10.6 Å². The van der Waals surface area contributed by atoms with Gasteiger partial charge in [-0.2, -0.15) is 0 Å². The molecule has 5 heteroatoms. The van der Waals surface area contributed by atoms with Crippen LogP contribution in [0.25, 0.3) is 0 Å². The lowest BCUT2D eigenvalue weighted by Crippen LogP contribution is -2.37. The molecule has 104 valence electrons. The average molecular weight is 271 g/mol. The largest absolute Gasteiger partial charge is 0.383 e. The number of ether oxygens (including phenoxy) is 1. The maximum atomic E-state index is 5.90. The number of nitrogens with two attached hydrogens (primary N) is 1. The molecule has 1 rings (SSSR count). The Labute approximate surface area is 114 Å². The summed E-state index contributed by atoms with van der Waals surface area (Å²) in [7, 11) is 1.74. The zero-order chi connectivity index (χ0) is 13.5. The molecule has 0 aliphatic heterocycles. The molecule has 18 heavy (non-hydrogen) atoms. The van der Waals surface area contributed by atoms with Crippen LogP contribution in [0.1, 0.15) is 44.5 Å². The Bertz CT molecular complexity index is 337. The lowest BCUT2D eigenvalue weighted by molar-refractivity contribution is 0.202. The molecule has 0 saturated carbocycles. The molecule has 0 aliphatic rings. The smallest absolute Gasteiger partial charge is 0.185 e. The van der Waals surface area contributed by atoms with E-state index in [1.54, 1.807) is 18.4 Å². The minimum Gasteiger partial charge on any atom is -0.383 e. The molecule has 1 aromatic heterocycles. The van der Waals surface area contributed by atoms with Crippen LogP contribution in [-0.2, 0) is 4.74 Å². The molecule has 0 aliphatic carbocycles. The third-order valence-corrected chi connectivity index (χ3v) is 4.36. The fraction of sp³-hybridized carbons (Fsp3) is 0.769. The third kappa shape index (κ3) is 3.93. The zero-order valence-corrected chi connectivity index (χ0v) is 12.7. The highest BCUT2D eigenvalue weighted by atomic mass is 32.1. The topological polar surface area (TPSA) is 51.4 Å². The Balaban J connectivity index is 2.85. The lowest BCUT2D eigenvalue weighted by atomic mass is 10.1. The van der Waals surface area contributed by atoms with Gasteiger partial charge in [-0.05, 0) is 19.8 Å². The second-order valence-corrected chi connectivity index (χ2v) is 5.53. The summed E-state index contributed by atoms with van der Waals surface area (Å²) in [5, 5.41) is 1.06. The van der Waals surface area contributed by atoms with Crippen LogP contribution in [0, 0.1) is 0 Å². The number of nitrogens with zero attached hydrogens (tertiary/aromatic N) is 2. The Kier molecular flexibility index (Phi) is 6.60. The molecule has 0 bridgehead atoms. The SMILES string of the molecule is CCC(CC)N(CCOC)c1ncc(C(C)N)s1. The highest BCUT2D eigenvalue weighted by molar-refractivity contribution is 7.15. The number of aromatic nitrogens is 1.